The van der Waals surface area contributed by atoms with Gasteiger partial charge in [0.25, 0.3) is 5.92 Å². The van der Waals surface area contributed by atoms with Crippen LogP contribution in [-0.4, -0.2) is 4.98 Å². The first kappa shape index (κ1) is 21.9. The second-order valence-electron chi connectivity index (χ2n) is 10.2. The van der Waals surface area contributed by atoms with Gasteiger partial charge in [0.05, 0.1) is 11.1 Å². The molecule has 0 spiro atoms. The zero-order valence-electron chi connectivity index (χ0n) is 20.4. The smallest absolute Gasteiger partial charge is 0.282 e. The number of fused-ring (bicyclic) bond motifs is 6. The Morgan fingerprint density at radius 2 is 1.24 bits per heavy atom. The molecule has 0 saturated carbocycles. The van der Waals surface area contributed by atoms with Gasteiger partial charge in [-0.05, 0) is 48.2 Å². The Labute approximate surface area is 213 Å². The number of aromatic nitrogens is 1. The minimum absolute atomic E-state index is 0.0547. The van der Waals surface area contributed by atoms with Crippen LogP contribution in [0.25, 0.3) is 55.4 Å². The number of alkyl halides is 2. The second-order valence-corrected chi connectivity index (χ2v) is 10.2. The zero-order chi connectivity index (χ0) is 25.4. The summed E-state index contributed by atoms with van der Waals surface area (Å²) in [6.07, 6.45) is 1.62. The van der Waals surface area contributed by atoms with Crippen molar-refractivity contribution < 1.29 is 13.2 Å². The summed E-state index contributed by atoms with van der Waals surface area (Å²) < 4.78 is 37.6. The normalized spacial score (nSPS) is 15.5. The van der Waals surface area contributed by atoms with E-state index in [-0.39, 0.29) is 5.56 Å². The first-order chi connectivity index (χ1) is 17.9. The SMILES string of the molecule is CC1(C)c2cnc(-c3cccc4c3oc3c(-c5ccccc5)cccc34)cc2-c2ccccc2C1(F)F. The van der Waals surface area contributed by atoms with Crippen LogP contribution in [0.2, 0.25) is 0 Å². The van der Waals surface area contributed by atoms with E-state index in [0.29, 0.717) is 16.8 Å². The largest absolute Gasteiger partial charge is 0.455 e. The van der Waals surface area contributed by atoms with Crippen molar-refractivity contribution in [3.8, 4) is 33.5 Å². The van der Waals surface area contributed by atoms with Gasteiger partial charge in [0.1, 0.15) is 11.2 Å². The number of halogens is 2. The lowest BCUT2D eigenvalue weighted by Gasteiger charge is -2.41. The van der Waals surface area contributed by atoms with Crippen LogP contribution in [0.15, 0.2) is 108 Å². The zero-order valence-corrected chi connectivity index (χ0v) is 20.4. The van der Waals surface area contributed by atoms with Gasteiger partial charge >= 0.3 is 0 Å². The maximum Gasteiger partial charge on any atom is 0.282 e. The number of rotatable bonds is 2. The summed E-state index contributed by atoms with van der Waals surface area (Å²) in [7, 11) is 0. The molecular formula is C33H23F2NO. The Morgan fingerprint density at radius 3 is 2.00 bits per heavy atom. The fourth-order valence-electron chi connectivity index (χ4n) is 5.69. The summed E-state index contributed by atoms with van der Waals surface area (Å²) in [5, 5.41) is 2.03. The minimum atomic E-state index is -3.01. The predicted octanol–water partition coefficient (Wildman–Crippen LogP) is 9.36. The van der Waals surface area contributed by atoms with Gasteiger partial charge in [-0.1, -0.05) is 84.9 Å². The van der Waals surface area contributed by atoms with Crippen molar-refractivity contribution in [2.75, 3.05) is 0 Å². The maximum atomic E-state index is 15.5. The lowest BCUT2D eigenvalue weighted by molar-refractivity contribution is -0.0740. The lowest BCUT2D eigenvalue weighted by Crippen LogP contribution is -2.41. The summed E-state index contributed by atoms with van der Waals surface area (Å²) in [6.45, 7) is 3.18. The van der Waals surface area contributed by atoms with Crippen molar-refractivity contribution in [3.63, 3.8) is 0 Å². The highest BCUT2D eigenvalue weighted by Crippen LogP contribution is 2.56. The molecule has 2 heterocycles. The third-order valence-corrected chi connectivity index (χ3v) is 7.80. The molecule has 0 radical (unpaired) electrons. The van der Waals surface area contributed by atoms with Crippen molar-refractivity contribution in [1.29, 1.82) is 0 Å². The third kappa shape index (κ3) is 2.99. The van der Waals surface area contributed by atoms with Gasteiger partial charge < -0.3 is 4.42 Å². The van der Waals surface area contributed by atoms with Crippen LogP contribution in [-0.2, 0) is 11.3 Å². The highest BCUT2D eigenvalue weighted by atomic mass is 19.3. The van der Waals surface area contributed by atoms with Gasteiger partial charge in [0.2, 0.25) is 0 Å². The molecule has 0 N–H and O–H groups in total. The van der Waals surface area contributed by atoms with Crippen LogP contribution in [0.1, 0.15) is 25.0 Å². The van der Waals surface area contributed by atoms with E-state index in [1.807, 2.05) is 48.5 Å². The van der Waals surface area contributed by atoms with Gasteiger partial charge in [-0.15, -0.1) is 0 Å². The number of nitrogens with zero attached hydrogens (tertiary/aromatic N) is 1. The van der Waals surface area contributed by atoms with Crippen molar-refractivity contribution in [2.45, 2.75) is 25.2 Å². The molecule has 0 saturated heterocycles. The summed E-state index contributed by atoms with van der Waals surface area (Å²) in [6, 6.07) is 31.1. The van der Waals surface area contributed by atoms with Crippen LogP contribution in [0, 0.1) is 0 Å². The van der Waals surface area contributed by atoms with Crippen LogP contribution in [0.5, 0.6) is 0 Å². The average Bonchev–Trinajstić information content (AvgIpc) is 3.31. The Bertz CT molecular complexity index is 1830. The molecule has 0 unspecified atom stereocenters. The minimum Gasteiger partial charge on any atom is -0.455 e. The number of hydrogen-bond donors (Lipinski definition) is 0. The van der Waals surface area contributed by atoms with E-state index < -0.39 is 11.3 Å². The summed E-state index contributed by atoms with van der Waals surface area (Å²) in [5.74, 6) is -3.01. The van der Waals surface area contributed by atoms with E-state index in [1.54, 1.807) is 32.2 Å². The Hall–Kier alpha value is -4.31. The van der Waals surface area contributed by atoms with E-state index in [0.717, 1.165) is 44.2 Å². The molecule has 2 nitrogen and oxygen atoms in total. The van der Waals surface area contributed by atoms with E-state index in [1.165, 1.54) is 6.07 Å². The first-order valence-corrected chi connectivity index (χ1v) is 12.4. The lowest BCUT2D eigenvalue weighted by atomic mass is 9.68. The van der Waals surface area contributed by atoms with E-state index in [9.17, 15) is 0 Å². The monoisotopic (exact) mass is 487 g/mol. The van der Waals surface area contributed by atoms with Crippen LogP contribution in [0.3, 0.4) is 0 Å². The van der Waals surface area contributed by atoms with Crippen LogP contribution in [0.4, 0.5) is 8.78 Å². The highest BCUT2D eigenvalue weighted by molar-refractivity contribution is 6.12. The van der Waals surface area contributed by atoms with Gasteiger partial charge in [0.15, 0.2) is 0 Å². The topological polar surface area (TPSA) is 26.0 Å². The molecule has 0 aliphatic heterocycles. The molecule has 1 aliphatic rings. The predicted molar refractivity (Wildman–Crippen MR) is 145 cm³/mol. The molecule has 4 aromatic carbocycles. The fraction of sp³-hybridized carbons (Fsp3) is 0.121. The maximum absolute atomic E-state index is 15.5. The van der Waals surface area contributed by atoms with E-state index >= 15 is 8.78 Å². The molecule has 0 atom stereocenters. The van der Waals surface area contributed by atoms with Crippen molar-refractivity contribution in [2.24, 2.45) is 0 Å². The average molecular weight is 488 g/mol. The molecule has 0 fully saturated rings. The summed E-state index contributed by atoms with van der Waals surface area (Å²) in [5.41, 5.74) is 5.74. The second kappa shape index (κ2) is 7.59. The molecule has 0 bridgehead atoms. The standard InChI is InChI=1S/C33H23F2NO/c1-32(2)28-19-36-29(18-26(28)22-12-6-7-17-27(22)33(32,34)35)25-16-9-15-24-23-14-8-13-21(30(23)37-31(24)25)20-10-4-3-5-11-20/h3-19H,1-2H3. The van der Waals surface area contributed by atoms with Crippen LogP contribution < -0.4 is 0 Å². The van der Waals surface area contributed by atoms with Crippen molar-refractivity contribution in [1.82, 2.24) is 4.98 Å². The molecule has 1 aliphatic carbocycles. The highest BCUT2D eigenvalue weighted by Gasteiger charge is 2.54. The number of hydrogen-bond acceptors (Lipinski definition) is 2. The van der Waals surface area contributed by atoms with Gasteiger partial charge in [0, 0.05) is 33.7 Å². The van der Waals surface area contributed by atoms with Crippen LogP contribution >= 0.6 is 0 Å². The Kier molecular flexibility index (Phi) is 4.50. The van der Waals surface area contributed by atoms with E-state index in [2.05, 4.69) is 30.3 Å². The molecule has 0 amide bonds. The molecule has 6 aromatic rings. The quantitative estimate of drug-likeness (QED) is 0.243. The molecule has 7 rings (SSSR count). The van der Waals surface area contributed by atoms with Gasteiger partial charge in [-0.3, -0.25) is 4.98 Å². The molecular weight excluding hydrogens is 464 g/mol. The number of furan rings is 1. The Morgan fingerprint density at radius 1 is 0.622 bits per heavy atom. The Balaban J connectivity index is 1.47. The molecule has 4 heteroatoms. The van der Waals surface area contributed by atoms with Gasteiger partial charge in [-0.25, -0.2) is 8.78 Å². The summed E-state index contributed by atoms with van der Waals surface area (Å²) in [4.78, 5) is 4.70. The third-order valence-electron chi connectivity index (χ3n) is 7.80. The van der Waals surface area contributed by atoms with Crippen molar-refractivity contribution in [3.05, 3.63) is 114 Å². The molecule has 2 aromatic heterocycles. The van der Waals surface area contributed by atoms with Gasteiger partial charge in [-0.2, -0.15) is 0 Å². The molecule has 37 heavy (non-hydrogen) atoms. The first-order valence-electron chi connectivity index (χ1n) is 12.4. The van der Waals surface area contributed by atoms with E-state index in [4.69, 9.17) is 9.40 Å². The number of benzene rings is 4. The summed E-state index contributed by atoms with van der Waals surface area (Å²) >= 11 is 0. The fourth-order valence-corrected chi connectivity index (χ4v) is 5.69. The molecule has 180 valence electrons. The number of pyridine rings is 1. The number of para-hydroxylation sites is 2. The van der Waals surface area contributed by atoms with Crippen molar-refractivity contribution >= 4 is 21.9 Å².